The van der Waals surface area contributed by atoms with Gasteiger partial charge in [-0.3, -0.25) is 14.6 Å². The van der Waals surface area contributed by atoms with Gasteiger partial charge in [-0.25, -0.2) is 8.42 Å². The number of aromatic nitrogens is 2. The number of sulfonamides is 1. The summed E-state index contributed by atoms with van der Waals surface area (Å²) in [5.41, 5.74) is 3.53. The first kappa shape index (κ1) is 23.1. The van der Waals surface area contributed by atoms with E-state index < -0.39 is 15.9 Å². The molecule has 0 aliphatic heterocycles. The zero-order valence-corrected chi connectivity index (χ0v) is 19.7. The molecule has 0 saturated carbocycles. The Morgan fingerprint density at radius 2 is 1.76 bits per heavy atom. The van der Waals surface area contributed by atoms with Crippen molar-refractivity contribution >= 4 is 27.4 Å². The quantitative estimate of drug-likeness (QED) is 0.356. The molecule has 174 valence electrons. The molecule has 0 aliphatic rings. The van der Waals surface area contributed by atoms with Gasteiger partial charge in [0.15, 0.2) is 5.82 Å². The van der Waals surface area contributed by atoms with Crippen molar-refractivity contribution < 1.29 is 17.9 Å². The average molecular weight is 477 g/mol. The number of carbonyl (C=O) groups excluding carboxylic acids is 1. The third kappa shape index (κ3) is 4.94. The molecule has 34 heavy (non-hydrogen) atoms. The molecule has 0 saturated heterocycles. The van der Waals surface area contributed by atoms with E-state index in [1.165, 1.54) is 6.07 Å². The number of benzene rings is 3. The first-order chi connectivity index (χ1) is 16.3. The number of hydrogen-bond donors (Lipinski definition) is 3. The molecule has 4 rings (SSSR count). The average Bonchev–Trinajstić information content (AvgIpc) is 3.28. The number of hydrogen-bond acceptors (Lipinski definition) is 5. The van der Waals surface area contributed by atoms with Gasteiger partial charge in [0.25, 0.3) is 15.9 Å². The van der Waals surface area contributed by atoms with Crippen molar-refractivity contribution in [2.75, 3.05) is 17.1 Å². The Labute approximate surface area is 198 Å². The molecule has 0 bridgehead atoms. The SMILES string of the molecule is COc1ccccc1-c1cc(NC(=O)c2cccc(NS(=O)(=O)c3cc(C)ccc3C)c2)n[nH]1. The molecular weight excluding hydrogens is 452 g/mol. The molecular formula is C25H24N4O4S. The summed E-state index contributed by atoms with van der Waals surface area (Å²) in [4.78, 5) is 13.0. The summed E-state index contributed by atoms with van der Waals surface area (Å²) in [6, 6.07) is 20.7. The van der Waals surface area contributed by atoms with Gasteiger partial charge < -0.3 is 10.1 Å². The number of methoxy groups -OCH3 is 1. The largest absolute Gasteiger partial charge is 0.496 e. The Bertz CT molecular complexity index is 1460. The van der Waals surface area contributed by atoms with Crippen molar-refractivity contribution in [1.82, 2.24) is 10.2 Å². The molecule has 0 aliphatic carbocycles. The Hall–Kier alpha value is -4.11. The maximum atomic E-state index is 12.9. The number of aromatic amines is 1. The lowest BCUT2D eigenvalue weighted by atomic mass is 10.1. The Balaban J connectivity index is 1.52. The normalized spacial score (nSPS) is 11.1. The summed E-state index contributed by atoms with van der Waals surface area (Å²) in [6.45, 7) is 3.57. The van der Waals surface area contributed by atoms with Crippen molar-refractivity contribution in [1.29, 1.82) is 0 Å². The predicted molar refractivity (Wildman–Crippen MR) is 132 cm³/mol. The summed E-state index contributed by atoms with van der Waals surface area (Å²) >= 11 is 0. The molecule has 3 aromatic carbocycles. The number of amides is 1. The Kier molecular flexibility index (Phi) is 6.38. The van der Waals surface area contributed by atoms with E-state index in [1.807, 2.05) is 37.3 Å². The molecule has 1 amide bonds. The Morgan fingerprint density at radius 3 is 2.56 bits per heavy atom. The van der Waals surface area contributed by atoms with E-state index in [4.69, 9.17) is 4.74 Å². The lowest BCUT2D eigenvalue weighted by Gasteiger charge is -2.12. The topological polar surface area (TPSA) is 113 Å². The first-order valence-corrected chi connectivity index (χ1v) is 12.0. The third-order valence-electron chi connectivity index (χ3n) is 5.23. The van der Waals surface area contributed by atoms with Crippen LogP contribution in [0.5, 0.6) is 5.75 Å². The van der Waals surface area contributed by atoms with Crippen LogP contribution in [0.2, 0.25) is 0 Å². The minimum Gasteiger partial charge on any atom is -0.496 e. The lowest BCUT2D eigenvalue weighted by molar-refractivity contribution is 0.102. The summed E-state index contributed by atoms with van der Waals surface area (Å²) < 4.78 is 33.7. The molecule has 1 aromatic heterocycles. The molecule has 0 unspecified atom stereocenters. The highest BCUT2D eigenvalue weighted by molar-refractivity contribution is 7.92. The van der Waals surface area contributed by atoms with E-state index in [-0.39, 0.29) is 16.1 Å². The van der Waals surface area contributed by atoms with Gasteiger partial charge in [-0.1, -0.05) is 30.3 Å². The van der Waals surface area contributed by atoms with Crippen LogP contribution in [-0.2, 0) is 10.0 Å². The zero-order valence-electron chi connectivity index (χ0n) is 18.9. The molecule has 9 heteroatoms. The van der Waals surface area contributed by atoms with Gasteiger partial charge in [0.1, 0.15) is 5.75 Å². The highest BCUT2D eigenvalue weighted by atomic mass is 32.2. The van der Waals surface area contributed by atoms with Crippen molar-refractivity contribution in [3.63, 3.8) is 0 Å². The predicted octanol–water partition coefficient (Wildman–Crippen LogP) is 4.76. The number of H-pyrrole nitrogens is 1. The Morgan fingerprint density at radius 1 is 0.971 bits per heavy atom. The number of ether oxygens (including phenoxy) is 1. The molecule has 3 N–H and O–H groups in total. The lowest BCUT2D eigenvalue weighted by Crippen LogP contribution is -2.16. The fraction of sp³-hybridized carbons (Fsp3) is 0.120. The van der Waals surface area contributed by atoms with Crippen molar-refractivity contribution in [3.8, 4) is 17.0 Å². The second kappa shape index (κ2) is 9.40. The van der Waals surface area contributed by atoms with E-state index in [2.05, 4.69) is 20.2 Å². The standard InChI is InChI=1S/C25H24N4O4S/c1-16-11-12-17(2)23(13-16)34(31,32)29-19-8-6-7-18(14-19)25(30)26-24-15-21(27-28-24)20-9-4-5-10-22(20)33-3/h4-15,29H,1-3H3,(H2,26,27,28,30). The van der Waals surface area contributed by atoms with E-state index in [0.29, 0.717) is 22.8 Å². The number of rotatable bonds is 7. The van der Waals surface area contributed by atoms with E-state index in [9.17, 15) is 13.2 Å². The van der Waals surface area contributed by atoms with Gasteiger partial charge in [-0.05, 0) is 61.4 Å². The molecule has 4 aromatic rings. The van der Waals surface area contributed by atoms with Gasteiger partial charge in [0.2, 0.25) is 0 Å². The number of carbonyl (C=O) groups is 1. The fourth-order valence-corrected chi connectivity index (χ4v) is 4.89. The maximum absolute atomic E-state index is 12.9. The highest BCUT2D eigenvalue weighted by Crippen LogP contribution is 2.29. The van der Waals surface area contributed by atoms with Gasteiger partial charge in [0.05, 0.1) is 17.7 Å². The fourth-order valence-electron chi connectivity index (χ4n) is 3.51. The van der Waals surface area contributed by atoms with Crippen LogP contribution < -0.4 is 14.8 Å². The summed E-state index contributed by atoms with van der Waals surface area (Å²) in [6.07, 6.45) is 0. The second-order valence-electron chi connectivity index (χ2n) is 7.78. The number of aryl methyl sites for hydroxylation is 2. The minimum absolute atomic E-state index is 0.197. The van der Waals surface area contributed by atoms with Crippen LogP contribution in [0, 0.1) is 13.8 Å². The molecule has 8 nitrogen and oxygen atoms in total. The first-order valence-electron chi connectivity index (χ1n) is 10.5. The second-order valence-corrected chi connectivity index (χ2v) is 9.43. The van der Waals surface area contributed by atoms with Crippen LogP contribution in [0.3, 0.4) is 0 Å². The maximum Gasteiger partial charge on any atom is 0.262 e. The summed E-state index contributed by atoms with van der Waals surface area (Å²) in [7, 11) is -2.23. The molecule has 0 fully saturated rings. The van der Waals surface area contributed by atoms with E-state index in [0.717, 1.165) is 11.1 Å². The number of nitrogens with one attached hydrogen (secondary N) is 3. The summed E-state index contributed by atoms with van der Waals surface area (Å²) in [5, 5.41) is 9.76. The van der Waals surface area contributed by atoms with E-state index in [1.54, 1.807) is 50.4 Å². The van der Waals surface area contributed by atoms with Crippen molar-refractivity contribution in [2.45, 2.75) is 18.7 Å². The number of para-hydroxylation sites is 1. The third-order valence-corrected chi connectivity index (χ3v) is 6.75. The molecule has 0 spiro atoms. The van der Waals surface area contributed by atoms with Crippen LogP contribution in [0.15, 0.2) is 77.7 Å². The number of anilines is 2. The van der Waals surface area contributed by atoms with Crippen LogP contribution in [0.1, 0.15) is 21.5 Å². The van der Waals surface area contributed by atoms with E-state index >= 15 is 0 Å². The van der Waals surface area contributed by atoms with Gasteiger partial charge in [0, 0.05) is 22.9 Å². The van der Waals surface area contributed by atoms with Gasteiger partial charge in [-0.2, -0.15) is 5.10 Å². The van der Waals surface area contributed by atoms with Crippen LogP contribution >= 0.6 is 0 Å². The van der Waals surface area contributed by atoms with Crippen LogP contribution in [0.4, 0.5) is 11.5 Å². The van der Waals surface area contributed by atoms with Crippen molar-refractivity contribution in [2.24, 2.45) is 0 Å². The molecule has 0 radical (unpaired) electrons. The van der Waals surface area contributed by atoms with Gasteiger partial charge >= 0.3 is 0 Å². The highest BCUT2D eigenvalue weighted by Gasteiger charge is 2.18. The molecule has 0 atom stereocenters. The zero-order chi connectivity index (χ0) is 24.3. The van der Waals surface area contributed by atoms with Crippen LogP contribution in [0.25, 0.3) is 11.3 Å². The smallest absolute Gasteiger partial charge is 0.262 e. The van der Waals surface area contributed by atoms with Gasteiger partial charge in [-0.15, -0.1) is 0 Å². The monoisotopic (exact) mass is 476 g/mol. The summed E-state index contributed by atoms with van der Waals surface area (Å²) in [5.74, 6) is 0.575. The van der Waals surface area contributed by atoms with Crippen molar-refractivity contribution in [3.05, 3.63) is 89.5 Å². The minimum atomic E-state index is -3.81. The van der Waals surface area contributed by atoms with Crippen LogP contribution in [-0.4, -0.2) is 31.6 Å². The molecule has 1 heterocycles. The number of nitrogens with zero attached hydrogens (tertiary/aromatic N) is 1.